The van der Waals surface area contributed by atoms with Crippen molar-refractivity contribution in [2.24, 2.45) is 0 Å². The Hall–Kier alpha value is -1.24. The van der Waals surface area contributed by atoms with Crippen LogP contribution in [0.3, 0.4) is 0 Å². The molecule has 0 N–H and O–H groups in total. The first kappa shape index (κ1) is 16.6. The van der Waals surface area contributed by atoms with Crippen LogP contribution in [-0.4, -0.2) is 55.6 Å². The summed E-state index contributed by atoms with van der Waals surface area (Å²) < 4.78 is 16.9. The number of morpholine rings is 1. The van der Waals surface area contributed by atoms with Crippen molar-refractivity contribution in [2.75, 3.05) is 44.9 Å². The molecule has 0 aromatic carbocycles. The predicted octanol–water partition coefficient (Wildman–Crippen LogP) is 1.92. The van der Waals surface area contributed by atoms with Crippen LogP contribution >= 0.6 is 0 Å². The zero-order valence-electron chi connectivity index (χ0n) is 14.6. The van der Waals surface area contributed by atoms with Crippen LogP contribution in [0.15, 0.2) is 6.07 Å². The molecule has 2 aliphatic rings. The third kappa shape index (κ3) is 3.65. The van der Waals surface area contributed by atoms with Gasteiger partial charge in [-0.3, -0.25) is 0 Å². The van der Waals surface area contributed by atoms with E-state index in [4.69, 9.17) is 19.2 Å². The standard InChI is InChI=1S/C17H27N3O3/c1-16(2,3)15-18-13(10-21-4)9-14(19-15)20-6-8-23-17(11-20)5-7-22-12-17/h9H,5-8,10-12H2,1-4H3. The Morgan fingerprint density at radius 2 is 2.13 bits per heavy atom. The Kier molecular flexibility index (Phi) is 4.58. The van der Waals surface area contributed by atoms with Crippen LogP contribution < -0.4 is 4.90 Å². The maximum absolute atomic E-state index is 6.02. The Morgan fingerprint density at radius 1 is 1.30 bits per heavy atom. The first-order chi connectivity index (χ1) is 10.9. The van der Waals surface area contributed by atoms with Gasteiger partial charge in [0.1, 0.15) is 17.2 Å². The largest absolute Gasteiger partial charge is 0.378 e. The number of rotatable bonds is 3. The number of methoxy groups -OCH3 is 1. The second-order valence-corrected chi connectivity index (χ2v) is 7.48. The molecule has 0 saturated carbocycles. The van der Waals surface area contributed by atoms with Crippen molar-refractivity contribution >= 4 is 5.82 Å². The van der Waals surface area contributed by atoms with E-state index in [1.807, 2.05) is 6.07 Å². The van der Waals surface area contributed by atoms with E-state index >= 15 is 0 Å². The molecule has 23 heavy (non-hydrogen) atoms. The molecular formula is C17H27N3O3. The minimum atomic E-state index is -0.174. The summed E-state index contributed by atoms with van der Waals surface area (Å²) in [6, 6.07) is 2.04. The number of anilines is 1. The van der Waals surface area contributed by atoms with E-state index in [1.165, 1.54) is 0 Å². The van der Waals surface area contributed by atoms with Crippen LogP contribution in [0.1, 0.15) is 38.7 Å². The van der Waals surface area contributed by atoms with Crippen LogP contribution in [0.4, 0.5) is 5.82 Å². The molecule has 0 aliphatic carbocycles. The van der Waals surface area contributed by atoms with E-state index in [0.29, 0.717) is 19.8 Å². The topological polar surface area (TPSA) is 56.7 Å². The van der Waals surface area contributed by atoms with Gasteiger partial charge in [0.25, 0.3) is 0 Å². The summed E-state index contributed by atoms with van der Waals surface area (Å²) in [5, 5.41) is 0. The lowest BCUT2D eigenvalue weighted by molar-refractivity contribution is -0.0581. The fraction of sp³-hybridized carbons (Fsp3) is 0.765. The van der Waals surface area contributed by atoms with Crippen LogP contribution in [0, 0.1) is 0 Å². The van der Waals surface area contributed by atoms with Gasteiger partial charge in [-0.2, -0.15) is 0 Å². The van der Waals surface area contributed by atoms with Crippen molar-refractivity contribution in [3.8, 4) is 0 Å². The first-order valence-electron chi connectivity index (χ1n) is 8.26. The number of ether oxygens (including phenoxy) is 3. The van der Waals surface area contributed by atoms with Crippen LogP contribution in [-0.2, 0) is 26.2 Å². The number of nitrogens with zero attached hydrogens (tertiary/aromatic N) is 3. The highest BCUT2D eigenvalue weighted by molar-refractivity contribution is 5.42. The van der Waals surface area contributed by atoms with Crippen molar-refractivity contribution < 1.29 is 14.2 Å². The molecular weight excluding hydrogens is 294 g/mol. The van der Waals surface area contributed by atoms with Gasteiger partial charge in [0.2, 0.25) is 0 Å². The van der Waals surface area contributed by atoms with Gasteiger partial charge >= 0.3 is 0 Å². The molecule has 128 valence electrons. The molecule has 1 aromatic rings. The van der Waals surface area contributed by atoms with Gasteiger partial charge in [-0.05, 0) is 0 Å². The lowest BCUT2D eigenvalue weighted by atomic mass is 9.95. The number of hydrogen-bond acceptors (Lipinski definition) is 6. The van der Waals surface area contributed by atoms with Gasteiger partial charge in [-0.25, -0.2) is 9.97 Å². The minimum Gasteiger partial charge on any atom is -0.378 e. The highest BCUT2D eigenvalue weighted by Crippen LogP contribution is 2.30. The zero-order chi connectivity index (χ0) is 16.5. The van der Waals surface area contributed by atoms with E-state index in [-0.39, 0.29) is 11.0 Å². The molecule has 6 nitrogen and oxygen atoms in total. The normalized spacial score (nSPS) is 25.3. The Bertz CT molecular complexity index is 551. The number of aromatic nitrogens is 2. The summed E-state index contributed by atoms with van der Waals surface area (Å²) >= 11 is 0. The number of hydrogen-bond donors (Lipinski definition) is 0. The molecule has 2 fully saturated rings. The predicted molar refractivity (Wildman–Crippen MR) is 87.8 cm³/mol. The molecule has 6 heteroatoms. The monoisotopic (exact) mass is 321 g/mol. The van der Waals surface area contributed by atoms with Gasteiger partial charge in [-0.15, -0.1) is 0 Å². The van der Waals surface area contributed by atoms with E-state index in [9.17, 15) is 0 Å². The molecule has 0 bridgehead atoms. The van der Waals surface area contributed by atoms with Crippen LogP contribution in [0.2, 0.25) is 0 Å². The van der Waals surface area contributed by atoms with Crippen LogP contribution in [0.5, 0.6) is 0 Å². The minimum absolute atomic E-state index is 0.0983. The van der Waals surface area contributed by atoms with Crippen LogP contribution in [0.25, 0.3) is 0 Å². The van der Waals surface area contributed by atoms with Crippen molar-refractivity contribution in [3.05, 3.63) is 17.6 Å². The second kappa shape index (κ2) is 6.34. The van der Waals surface area contributed by atoms with Crippen molar-refractivity contribution in [3.63, 3.8) is 0 Å². The quantitative estimate of drug-likeness (QED) is 0.848. The van der Waals surface area contributed by atoms with Gasteiger partial charge in [-0.1, -0.05) is 20.8 Å². The first-order valence-corrected chi connectivity index (χ1v) is 8.26. The maximum atomic E-state index is 6.02. The zero-order valence-corrected chi connectivity index (χ0v) is 14.6. The fourth-order valence-corrected chi connectivity index (χ4v) is 3.07. The van der Waals surface area contributed by atoms with E-state index in [2.05, 4.69) is 30.7 Å². The smallest absolute Gasteiger partial charge is 0.136 e. The molecule has 1 aromatic heterocycles. The summed E-state index contributed by atoms with van der Waals surface area (Å²) in [5.74, 6) is 1.82. The lowest BCUT2D eigenvalue weighted by Crippen LogP contribution is -2.52. The van der Waals surface area contributed by atoms with Gasteiger partial charge in [0.15, 0.2) is 0 Å². The molecule has 1 spiro atoms. The van der Waals surface area contributed by atoms with E-state index in [1.54, 1.807) is 7.11 Å². The van der Waals surface area contributed by atoms with Crippen molar-refractivity contribution in [2.45, 2.75) is 44.8 Å². The van der Waals surface area contributed by atoms with E-state index < -0.39 is 0 Å². The fourth-order valence-electron chi connectivity index (χ4n) is 3.07. The Labute approximate surface area is 138 Å². The summed E-state index contributed by atoms with van der Waals surface area (Å²) in [6.45, 7) is 10.7. The molecule has 1 unspecified atom stereocenters. The third-order valence-electron chi connectivity index (χ3n) is 4.37. The lowest BCUT2D eigenvalue weighted by Gasteiger charge is -2.40. The Balaban J connectivity index is 1.89. The highest BCUT2D eigenvalue weighted by Gasteiger charge is 2.41. The molecule has 0 amide bonds. The molecule has 0 radical (unpaired) electrons. The average Bonchev–Trinajstić information content (AvgIpc) is 2.94. The van der Waals surface area contributed by atoms with Crippen molar-refractivity contribution in [1.29, 1.82) is 0 Å². The second-order valence-electron chi connectivity index (χ2n) is 7.48. The summed E-state index contributed by atoms with van der Waals surface area (Å²) in [4.78, 5) is 11.8. The summed E-state index contributed by atoms with van der Waals surface area (Å²) in [5.41, 5.74) is 0.650. The molecule has 3 heterocycles. The summed E-state index contributed by atoms with van der Waals surface area (Å²) in [7, 11) is 1.69. The van der Waals surface area contributed by atoms with Gasteiger partial charge < -0.3 is 19.1 Å². The maximum Gasteiger partial charge on any atom is 0.136 e. The molecule has 1 atom stereocenters. The van der Waals surface area contributed by atoms with Gasteiger partial charge in [0.05, 0.1) is 32.1 Å². The highest BCUT2D eigenvalue weighted by atomic mass is 16.6. The molecule has 3 rings (SSSR count). The Morgan fingerprint density at radius 3 is 2.78 bits per heavy atom. The average molecular weight is 321 g/mol. The third-order valence-corrected chi connectivity index (χ3v) is 4.37. The van der Waals surface area contributed by atoms with E-state index in [0.717, 1.165) is 43.5 Å². The molecule has 2 saturated heterocycles. The summed E-state index contributed by atoms with van der Waals surface area (Å²) in [6.07, 6.45) is 0.950. The van der Waals surface area contributed by atoms with Gasteiger partial charge in [0, 0.05) is 38.2 Å². The molecule has 2 aliphatic heterocycles. The SMILES string of the molecule is COCc1cc(N2CCOC3(CCOC3)C2)nc(C(C)(C)C)n1. The van der Waals surface area contributed by atoms with Crippen molar-refractivity contribution in [1.82, 2.24) is 9.97 Å².